The van der Waals surface area contributed by atoms with Gasteiger partial charge < -0.3 is 15.8 Å². The number of aromatic nitrogens is 3. The maximum absolute atomic E-state index is 12.8. The number of carbonyl (C=O) groups is 2. The summed E-state index contributed by atoms with van der Waals surface area (Å²) in [7, 11) is 0. The first-order valence-electron chi connectivity index (χ1n) is 8.43. The zero-order valence-corrected chi connectivity index (χ0v) is 16.9. The van der Waals surface area contributed by atoms with Crippen LogP contribution in [0.5, 0.6) is 0 Å². The van der Waals surface area contributed by atoms with Crippen molar-refractivity contribution in [2.75, 3.05) is 23.4 Å². The minimum Gasteiger partial charge on any atom is -0.465 e. The number of halogens is 1. The van der Waals surface area contributed by atoms with E-state index in [2.05, 4.69) is 15.5 Å². The second-order valence-corrected chi connectivity index (χ2v) is 7.03. The number of amides is 1. The van der Waals surface area contributed by atoms with Crippen LogP contribution in [0.4, 0.5) is 11.6 Å². The second-order valence-electron chi connectivity index (χ2n) is 5.68. The average Bonchev–Trinajstić information content (AvgIpc) is 2.98. The summed E-state index contributed by atoms with van der Waals surface area (Å²) in [4.78, 5) is 24.4. The molecule has 1 aromatic carbocycles. The molecule has 1 amide bonds. The number of ether oxygens (including phenoxy) is 1. The van der Waals surface area contributed by atoms with Gasteiger partial charge in [-0.1, -0.05) is 36.4 Å². The van der Waals surface area contributed by atoms with Gasteiger partial charge in [0.05, 0.1) is 12.4 Å². The molecule has 0 radical (unpaired) electrons. The Labute approximate surface area is 166 Å². The van der Waals surface area contributed by atoms with Gasteiger partial charge in [0.25, 0.3) is 0 Å². The van der Waals surface area contributed by atoms with Crippen molar-refractivity contribution in [2.24, 2.45) is 0 Å². The van der Waals surface area contributed by atoms with Gasteiger partial charge in [-0.3, -0.25) is 14.2 Å². The van der Waals surface area contributed by atoms with Gasteiger partial charge in [-0.2, -0.15) is 0 Å². The molecule has 1 unspecified atom stereocenters. The number of rotatable bonds is 8. The number of hydrogen-bond acceptors (Lipinski definition) is 7. The van der Waals surface area contributed by atoms with E-state index >= 15 is 0 Å². The molecule has 10 heteroatoms. The summed E-state index contributed by atoms with van der Waals surface area (Å²) >= 11 is 7.24. The van der Waals surface area contributed by atoms with Crippen LogP contribution in [0.25, 0.3) is 0 Å². The molecule has 0 fully saturated rings. The first-order valence-corrected chi connectivity index (χ1v) is 9.79. The molecule has 3 N–H and O–H groups in total. The molecule has 0 aliphatic heterocycles. The number of nitrogens with one attached hydrogen (secondary N) is 1. The monoisotopic (exact) mass is 411 g/mol. The fraction of sp³-hybridized carbons (Fsp3) is 0.412. The van der Waals surface area contributed by atoms with Crippen molar-refractivity contribution in [1.82, 2.24) is 14.8 Å². The topological polar surface area (TPSA) is 112 Å². The number of aryl methyl sites for hydroxylation is 1. The molecule has 1 aromatic heterocycles. The van der Waals surface area contributed by atoms with Crippen LogP contribution in [0, 0.1) is 6.92 Å². The van der Waals surface area contributed by atoms with Gasteiger partial charge in [0.2, 0.25) is 11.9 Å². The van der Waals surface area contributed by atoms with Crippen molar-refractivity contribution in [2.45, 2.75) is 38.4 Å². The minimum absolute atomic E-state index is 0.0532. The summed E-state index contributed by atoms with van der Waals surface area (Å²) in [6.07, 6.45) is 0.459. The molecule has 1 atom stereocenters. The van der Waals surface area contributed by atoms with E-state index < -0.39 is 6.04 Å². The van der Waals surface area contributed by atoms with E-state index in [9.17, 15) is 9.59 Å². The first kappa shape index (κ1) is 21.0. The third-order valence-corrected chi connectivity index (χ3v) is 5.08. The van der Waals surface area contributed by atoms with Crippen molar-refractivity contribution in [3.05, 3.63) is 28.8 Å². The van der Waals surface area contributed by atoms with E-state index in [1.807, 2.05) is 19.9 Å². The molecule has 0 aliphatic carbocycles. The lowest BCUT2D eigenvalue weighted by atomic mass is 10.2. The van der Waals surface area contributed by atoms with Crippen molar-refractivity contribution in [3.63, 3.8) is 0 Å². The number of nitrogen functional groups attached to an aromatic ring is 1. The van der Waals surface area contributed by atoms with E-state index in [1.165, 1.54) is 4.57 Å². The highest BCUT2D eigenvalue weighted by molar-refractivity contribution is 7.99. The fourth-order valence-electron chi connectivity index (χ4n) is 2.39. The summed E-state index contributed by atoms with van der Waals surface area (Å²) in [5.74, 6) is -0.493. The van der Waals surface area contributed by atoms with E-state index in [0.717, 1.165) is 17.3 Å². The van der Waals surface area contributed by atoms with E-state index in [4.69, 9.17) is 22.1 Å². The summed E-state index contributed by atoms with van der Waals surface area (Å²) in [5, 5.41) is 11.6. The molecule has 1 heterocycles. The lowest BCUT2D eigenvalue weighted by Gasteiger charge is -2.19. The lowest BCUT2D eigenvalue weighted by molar-refractivity contribution is -0.139. The number of thioether (sulfide) groups is 1. The quantitative estimate of drug-likeness (QED) is 0.507. The summed E-state index contributed by atoms with van der Waals surface area (Å²) in [5.41, 5.74) is 7.42. The predicted molar refractivity (Wildman–Crippen MR) is 106 cm³/mol. The van der Waals surface area contributed by atoms with E-state index in [0.29, 0.717) is 28.9 Å². The second kappa shape index (κ2) is 9.61. The Kier molecular flexibility index (Phi) is 7.49. The smallest absolute Gasteiger partial charge is 0.316 e. The number of esters is 1. The van der Waals surface area contributed by atoms with E-state index in [-0.39, 0.29) is 23.6 Å². The van der Waals surface area contributed by atoms with Crippen molar-refractivity contribution >= 4 is 46.9 Å². The maximum atomic E-state index is 12.8. The molecule has 0 saturated carbocycles. The van der Waals surface area contributed by atoms with Gasteiger partial charge in [-0.05, 0) is 38.0 Å². The number of carbonyl (C=O) groups excluding carboxylic acids is 2. The van der Waals surface area contributed by atoms with Crippen LogP contribution in [0.1, 0.15) is 31.9 Å². The van der Waals surface area contributed by atoms with Crippen LogP contribution in [-0.2, 0) is 14.3 Å². The van der Waals surface area contributed by atoms with Gasteiger partial charge >= 0.3 is 5.97 Å². The predicted octanol–water partition coefficient (Wildman–Crippen LogP) is 3.07. The van der Waals surface area contributed by atoms with Crippen molar-refractivity contribution in [1.29, 1.82) is 0 Å². The molecule has 8 nitrogen and oxygen atoms in total. The van der Waals surface area contributed by atoms with Crippen LogP contribution in [0.15, 0.2) is 23.4 Å². The van der Waals surface area contributed by atoms with E-state index in [1.54, 1.807) is 19.1 Å². The SMILES string of the molecule is CCOC(=O)CSc1nnc(N)n1C(CC)C(=O)Nc1ccc(C)c(Cl)c1. The summed E-state index contributed by atoms with van der Waals surface area (Å²) in [6.45, 7) is 5.77. The van der Waals surface area contributed by atoms with Gasteiger partial charge in [-0.25, -0.2) is 0 Å². The zero-order chi connectivity index (χ0) is 20.0. The third-order valence-electron chi connectivity index (χ3n) is 3.76. The van der Waals surface area contributed by atoms with Gasteiger partial charge in [-0.15, -0.1) is 10.2 Å². The number of nitrogens with two attached hydrogens (primary N) is 1. The van der Waals surface area contributed by atoms with Crippen molar-refractivity contribution < 1.29 is 14.3 Å². The molecule has 146 valence electrons. The van der Waals surface area contributed by atoms with Crippen LogP contribution < -0.4 is 11.1 Å². The highest BCUT2D eigenvalue weighted by atomic mass is 35.5. The number of hydrogen-bond donors (Lipinski definition) is 2. The highest BCUT2D eigenvalue weighted by Crippen LogP contribution is 2.27. The molecule has 2 rings (SSSR count). The first-order chi connectivity index (χ1) is 12.9. The molecular weight excluding hydrogens is 390 g/mol. The van der Waals surface area contributed by atoms with Crippen molar-refractivity contribution in [3.8, 4) is 0 Å². The Morgan fingerprint density at radius 3 is 2.74 bits per heavy atom. The largest absolute Gasteiger partial charge is 0.465 e. The average molecular weight is 412 g/mol. The molecule has 0 bridgehead atoms. The van der Waals surface area contributed by atoms with Crippen LogP contribution in [-0.4, -0.2) is 39.0 Å². The molecule has 27 heavy (non-hydrogen) atoms. The normalized spacial score (nSPS) is 11.9. The molecule has 0 spiro atoms. The van der Waals surface area contributed by atoms with Crippen LogP contribution >= 0.6 is 23.4 Å². The van der Waals surface area contributed by atoms with Gasteiger partial charge in [0.15, 0.2) is 5.16 Å². The number of nitrogens with zero attached hydrogens (tertiary/aromatic N) is 3. The third kappa shape index (κ3) is 5.36. The molecule has 0 aliphatic rings. The summed E-state index contributed by atoms with van der Waals surface area (Å²) < 4.78 is 6.43. The standard InChI is InChI=1S/C17H22ClN5O3S/c1-4-13(15(25)20-11-7-6-10(3)12(18)8-11)23-16(19)21-22-17(23)27-9-14(24)26-5-2/h6-8,13H,4-5,9H2,1-3H3,(H2,19,21)(H,20,25). The minimum atomic E-state index is -0.634. The molecular formula is C17H22ClN5O3S. The molecule has 2 aromatic rings. The Hall–Kier alpha value is -2.26. The van der Waals surface area contributed by atoms with Crippen LogP contribution in [0.3, 0.4) is 0 Å². The Morgan fingerprint density at radius 2 is 2.11 bits per heavy atom. The maximum Gasteiger partial charge on any atom is 0.316 e. The number of benzene rings is 1. The Balaban J connectivity index is 2.18. The summed E-state index contributed by atoms with van der Waals surface area (Å²) in [6, 6.07) is 4.66. The van der Waals surface area contributed by atoms with Gasteiger partial charge in [0, 0.05) is 10.7 Å². The van der Waals surface area contributed by atoms with Gasteiger partial charge in [0.1, 0.15) is 6.04 Å². The fourth-order valence-corrected chi connectivity index (χ4v) is 3.36. The lowest BCUT2D eigenvalue weighted by Crippen LogP contribution is -2.27. The zero-order valence-electron chi connectivity index (χ0n) is 15.4. The Bertz CT molecular complexity index is 827. The van der Waals surface area contributed by atoms with Crippen LogP contribution in [0.2, 0.25) is 5.02 Å². The highest BCUT2D eigenvalue weighted by Gasteiger charge is 2.25. The molecule has 0 saturated heterocycles. The number of anilines is 2. The Morgan fingerprint density at radius 1 is 1.37 bits per heavy atom.